The van der Waals surface area contributed by atoms with Gasteiger partial charge in [-0.3, -0.25) is 0 Å². The van der Waals surface area contributed by atoms with Gasteiger partial charge in [0.1, 0.15) is 0 Å². The summed E-state index contributed by atoms with van der Waals surface area (Å²) in [4.78, 5) is 11.7. The molecule has 3 nitrogen and oxygen atoms in total. The van der Waals surface area contributed by atoms with E-state index in [0.717, 1.165) is 33.4 Å². The van der Waals surface area contributed by atoms with Gasteiger partial charge < -0.3 is 9.84 Å². The Labute approximate surface area is 165 Å². The monoisotopic (exact) mass is 372 g/mol. The summed E-state index contributed by atoms with van der Waals surface area (Å²) in [7, 11) is 0. The van der Waals surface area contributed by atoms with Crippen LogP contribution in [0.2, 0.25) is 0 Å². The Bertz CT molecular complexity index is 957. The molecule has 0 aliphatic heterocycles. The molecule has 0 unspecified atom stereocenters. The van der Waals surface area contributed by atoms with Crippen LogP contribution < -0.4 is 0 Å². The standard InChI is InChI=1S/C25H24O3/c1-18(2)25(27)28-15-14-23-16-22(20-10-8-19(17-26)9-11-20)12-13-24(23)21-6-4-3-5-7-21/h3-13,16,26H,1,14-15,17H2,2H3. The second-order valence-corrected chi connectivity index (χ2v) is 6.76. The average Bonchev–Trinajstić information content (AvgIpc) is 2.74. The van der Waals surface area contributed by atoms with E-state index in [-0.39, 0.29) is 12.6 Å². The highest BCUT2D eigenvalue weighted by Gasteiger charge is 2.10. The van der Waals surface area contributed by atoms with E-state index in [9.17, 15) is 9.90 Å². The van der Waals surface area contributed by atoms with Crippen LogP contribution in [-0.2, 0) is 22.6 Å². The minimum Gasteiger partial charge on any atom is -0.462 e. The van der Waals surface area contributed by atoms with Crippen molar-refractivity contribution in [2.45, 2.75) is 20.0 Å². The van der Waals surface area contributed by atoms with Crippen LogP contribution in [0, 0.1) is 0 Å². The fraction of sp³-hybridized carbons (Fsp3) is 0.160. The molecular formula is C25H24O3. The fourth-order valence-electron chi connectivity index (χ4n) is 3.06. The molecule has 0 fully saturated rings. The van der Waals surface area contributed by atoms with Crippen molar-refractivity contribution in [1.82, 2.24) is 0 Å². The third-order valence-corrected chi connectivity index (χ3v) is 4.61. The SMILES string of the molecule is C=C(C)C(=O)OCCc1cc(-c2ccc(CO)cc2)ccc1-c1ccccc1. The quantitative estimate of drug-likeness (QED) is 0.459. The molecule has 142 valence electrons. The molecule has 0 atom stereocenters. The van der Waals surface area contributed by atoms with Crippen molar-refractivity contribution in [2.24, 2.45) is 0 Å². The third-order valence-electron chi connectivity index (χ3n) is 4.61. The van der Waals surface area contributed by atoms with Crippen molar-refractivity contribution in [3.63, 3.8) is 0 Å². The van der Waals surface area contributed by atoms with Crippen LogP contribution >= 0.6 is 0 Å². The van der Waals surface area contributed by atoms with Gasteiger partial charge in [-0.2, -0.15) is 0 Å². The van der Waals surface area contributed by atoms with Crippen LogP contribution in [0.15, 0.2) is 84.9 Å². The molecule has 3 aromatic carbocycles. The molecule has 3 rings (SSSR count). The number of ether oxygens (including phenoxy) is 1. The lowest BCUT2D eigenvalue weighted by Crippen LogP contribution is -2.08. The van der Waals surface area contributed by atoms with E-state index in [2.05, 4.69) is 36.9 Å². The predicted octanol–water partition coefficient (Wildman–Crippen LogP) is 5.17. The smallest absolute Gasteiger partial charge is 0.333 e. The highest BCUT2D eigenvalue weighted by atomic mass is 16.5. The lowest BCUT2D eigenvalue weighted by Gasteiger charge is -2.13. The lowest BCUT2D eigenvalue weighted by molar-refractivity contribution is -0.138. The maximum Gasteiger partial charge on any atom is 0.333 e. The Morgan fingerprint density at radius 1 is 0.929 bits per heavy atom. The first-order valence-electron chi connectivity index (χ1n) is 9.29. The number of hydrogen-bond donors (Lipinski definition) is 1. The Hall–Kier alpha value is -3.17. The van der Waals surface area contributed by atoms with Crippen molar-refractivity contribution in [2.75, 3.05) is 6.61 Å². The lowest BCUT2D eigenvalue weighted by atomic mass is 9.93. The zero-order chi connectivity index (χ0) is 19.9. The van der Waals surface area contributed by atoms with Gasteiger partial charge in [0.2, 0.25) is 0 Å². The molecule has 0 saturated carbocycles. The summed E-state index contributed by atoms with van der Waals surface area (Å²) in [5.41, 5.74) is 6.83. The summed E-state index contributed by atoms with van der Waals surface area (Å²) < 4.78 is 5.31. The maximum atomic E-state index is 11.7. The molecule has 0 saturated heterocycles. The van der Waals surface area contributed by atoms with Gasteiger partial charge in [0.15, 0.2) is 0 Å². The summed E-state index contributed by atoms with van der Waals surface area (Å²) in [6.45, 7) is 5.61. The molecule has 0 aromatic heterocycles. The molecule has 0 amide bonds. The van der Waals surface area contributed by atoms with Crippen molar-refractivity contribution in [3.8, 4) is 22.3 Å². The number of carbonyl (C=O) groups excluding carboxylic acids is 1. The van der Waals surface area contributed by atoms with E-state index < -0.39 is 0 Å². The first kappa shape index (κ1) is 19.6. The number of hydrogen-bond acceptors (Lipinski definition) is 3. The number of benzene rings is 3. The zero-order valence-electron chi connectivity index (χ0n) is 16.0. The Balaban J connectivity index is 1.91. The van der Waals surface area contributed by atoms with Gasteiger partial charge in [0.05, 0.1) is 13.2 Å². The molecule has 0 aliphatic rings. The van der Waals surface area contributed by atoms with Crippen LogP contribution in [0.3, 0.4) is 0 Å². The summed E-state index contributed by atoms with van der Waals surface area (Å²) in [6.07, 6.45) is 0.617. The van der Waals surface area contributed by atoms with E-state index in [1.807, 2.05) is 42.5 Å². The summed E-state index contributed by atoms with van der Waals surface area (Å²) in [6, 6.07) is 24.4. The first-order valence-corrected chi connectivity index (χ1v) is 9.29. The topological polar surface area (TPSA) is 46.5 Å². The highest BCUT2D eigenvalue weighted by Crippen LogP contribution is 2.29. The van der Waals surface area contributed by atoms with Gasteiger partial charge in [-0.05, 0) is 40.3 Å². The Morgan fingerprint density at radius 3 is 2.25 bits per heavy atom. The van der Waals surface area contributed by atoms with Crippen LogP contribution in [0.25, 0.3) is 22.3 Å². The zero-order valence-corrected chi connectivity index (χ0v) is 16.0. The van der Waals surface area contributed by atoms with Crippen molar-refractivity contribution >= 4 is 5.97 Å². The van der Waals surface area contributed by atoms with E-state index in [0.29, 0.717) is 18.6 Å². The maximum absolute atomic E-state index is 11.7. The number of aliphatic hydroxyl groups excluding tert-OH is 1. The van der Waals surface area contributed by atoms with Gasteiger partial charge in [-0.1, -0.05) is 79.4 Å². The predicted molar refractivity (Wildman–Crippen MR) is 113 cm³/mol. The van der Waals surface area contributed by atoms with Crippen molar-refractivity contribution < 1.29 is 14.6 Å². The van der Waals surface area contributed by atoms with Crippen LogP contribution in [-0.4, -0.2) is 17.7 Å². The Morgan fingerprint density at radius 2 is 1.61 bits per heavy atom. The molecule has 0 radical (unpaired) electrons. The number of carbonyl (C=O) groups is 1. The number of aliphatic hydroxyl groups is 1. The summed E-state index contributed by atoms with van der Waals surface area (Å²) >= 11 is 0. The minimum atomic E-state index is -0.364. The van der Waals surface area contributed by atoms with Crippen molar-refractivity contribution in [1.29, 1.82) is 0 Å². The van der Waals surface area contributed by atoms with Crippen LogP contribution in [0.4, 0.5) is 0 Å². The number of esters is 1. The molecule has 1 N–H and O–H groups in total. The summed E-state index contributed by atoms with van der Waals surface area (Å²) in [5, 5.41) is 9.24. The van der Waals surface area contributed by atoms with Gasteiger partial charge >= 0.3 is 5.97 Å². The molecule has 0 spiro atoms. The average molecular weight is 372 g/mol. The van der Waals surface area contributed by atoms with Crippen molar-refractivity contribution in [3.05, 3.63) is 96.1 Å². The van der Waals surface area contributed by atoms with Gasteiger partial charge in [0, 0.05) is 12.0 Å². The van der Waals surface area contributed by atoms with E-state index >= 15 is 0 Å². The molecule has 0 heterocycles. The van der Waals surface area contributed by atoms with Crippen LogP contribution in [0.5, 0.6) is 0 Å². The van der Waals surface area contributed by atoms with Gasteiger partial charge in [-0.25, -0.2) is 4.79 Å². The molecule has 3 heteroatoms. The molecule has 28 heavy (non-hydrogen) atoms. The van der Waals surface area contributed by atoms with Crippen LogP contribution in [0.1, 0.15) is 18.1 Å². The molecular weight excluding hydrogens is 348 g/mol. The van der Waals surface area contributed by atoms with E-state index in [1.165, 1.54) is 0 Å². The van der Waals surface area contributed by atoms with Gasteiger partial charge in [-0.15, -0.1) is 0 Å². The second kappa shape index (κ2) is 9.16. The largest absolute Gasteiger partial charge is 0.462 e. The molecule has 0 aliphatic carbocycles. The first-order chi connectivity index (χ1) is 13.6. The molecule has 3 aromatic rings. The number of rotatable bonds is 7. The normalized spacial score (nSPS) is 10.5. The molecule has 0 bridgehead atoms. The second-order valence-electron chi connectivity index (χ2n) is 6.76. The fourth-order valence-corrected chi connectivity index (χ4v) is 3.06. The Kier molecular flexibility index (Phi) is 6.41. The van der Waals surface area contributed by atoms with E-state index in [1.54, 1.807) is 6.92 Å². The van der Waals surface area contributed by atoms with E-state index in [4.69, 9.17) is 4.74 Å². The third kappa shape index (κ3) is 4.76. The highest BCUT2D eigenvalue weighted by molar-refractivity contribution is 5.87. The minimum absolute atomic E-state index is 0.0343. The van der Waals surface area contributed by atoms with Gasteiger partial charge in [0.25, 0.3) is 0 Å². The summed E-state index contributed by atoms with van der Waals surface area (Å²) in [5.74, 6) is -0.364.